The standard InChI is InChI=1S/C19H15Br2NO4S/c1-22-18(23)17(27-19(22)24)8-12-7-15(25-2)16(9-14(12)21)26-10-11-3-5-13(20)6-4-11/h3-9H,10H2,1-2H3/b17-8-. The van der Waals surface area contributed by atoms with Crippen LogP contribution in [0, 0.1) is 0 Å². The monoisotopic (exact) mass is 511 g/mol. The van der Waals surface area contributed by atoms with E-state index in [4.69, 9.17) is 9.47 Å². The van der Waals surface area contributed by atoms with E-state index in [1.165, 1.54) is 7.05 Å². The predicted octanol–water partition coefficient (Wildman–Crippen LogP) is 5.47. The summed E-state index contributed by atoms with van der Waals surface area (Å²) in [4.78, 5) is 25.2. The predicted molar refractivity (Wildman–Crippen MR) is 113 cm³/mol. The first-order valence-electron chi connectivity index (χ1n) is 7.85. The number of hydrogen-bond acceptors (Lipinski definition) is 5. The highest BCUT2D eigenvalue weighted by molar-refractivity contribution is 9.10. The number of amides is 2. The van der Waals surface area contributed by atoms with Gasteiger partial charge >= 0.3 is 0 Å². The molecule has 0 radical (unpaired) electrons. The van der Waals surface area contributed by atoms with Gasteiger partial charge in [0.25, 0.3) is 11.1 Å². The number of rotatable bonds is 5. The molecule has 3 rings (SSSR count). The smallest absolute Gasteiger partial charge is 0.293 e. The average molecular weight is 513 g/mol. The van der Waals surface area contributed by atoms with Crippen LogP contribution in [0.25, 0.3) is 6.08 Å². The van der Waals surface area contributed by atoms with Gasteiger partial charge in [0.05, 0.1) is 12.0 Å². The number of imide groups is 1. The quantitative estimate of drug-likeness (QED) is 0.497. The lowest BCUT2D eigenvalue weighted by molar-refractivity contribution is -0.121. The molecule has 8 heteroatoms. The number of thioether (sulfide) groups is 1. The van der Waals surface area contributed by atoms with Gasteiger partial charge in [-0.1, -0.05) is 44.0 Å². The Morgan fingerprint density at radius 1 is 1.11 bits per heavy atom. The highest BCUT2D eigenvalue weighted by Crippen LogP contribution is 2.38. The molecule has 0 spiro atoms. The second-order valence-electron chi connectivity index (χ2n) is 5.68. The number of ether oxygens (including phenoxy) is 2. The van der Waals surface area contributed by atoms with E-state index in [1.54, 1.807) is 25.3 Å². The Kier molecular flexibility index (Phi) is 6.29. The third-order valence-corrected chi connectivity index (χ3v) is 6.04. The molecule has 1 fully saturated rings. The number of hydrogen-bond donors (Lipinski definition) is 0. The van der Waals surface area contributed by atoms with Gasteiger partial charge in [-0.15, -0.1) is 0 Å². The second-order valence-corrected chi connectivity index (χ2v) is 8.44. The number of halogens is 2. The minimum absolute atomic E-state index is 0.288. The third kappa shape index (κ3) is 4.56. The Morgan fingerprint density at radius 3 is 2.41 bits per heavy atom. The molecule has 1 aliphatic heterocycles. The van der Waals surface area contributed by atoms with E-state index in [0.717, 1.165) is 36.7 Å². The van der Waals surface area contributed by atoms with E-state index in [2.05, 4.69) is 31.9 Å². The van der Waals surface area contributed by atoms with Gasteiger partial charge in [0.15, 0.2) is 11.5 Å². The van der Waals surface area contributed by atoms with E-state index in [-0.39, 0.29) is 11.1 Å². The van der Waals surface area contributed by atoms with Crippen molar-refractivity contribution in [2.75, 3.05) is 14.2 Å². The molecule has 2 amide bonds. The van der Waals surface area contributed by atoms with Gasteiger partial charge < -0.3 is 9.47 Å². The average Bonchev–Trinajstić information content (AvgIpc) is 2.89. The first-order valence-corrected chi connectivity index (χ1v) is 10.3. The maximum absolute atomic E-state index is 12.1. The SMILES string of the molecule is COc1cc(/C=C2\SC(=O)N(C)C2=O)c(Br)cc1OCc1ccc(Br)cc1. The first-order chi connectivity index (χ1) is 12.9. The van der Waals surface area contributed by atoms with Gasteiger partial charge in [-0.2, -0.15) is 0 Å². The van der Waals surface area contributed by atoms with Crippen molar-refractivity contribution < 1.29 is 19.1 Å². The van der Waals surface area contributed by atoms with Gasteiger partial charge in [0.1, 0.15) is 6.61 Å². The lowest BCUT2D eigenvalue weighted by Gasteiger charge is -2.13. The molecule has 1 aliphatic rings. The van der Waals surface area contributed by atoms with Gasteiger partial charge in [-0.05, 0) is 53.2 Å². The van der Waals surface area contributed by atoms with Crippen molar-refractivity contribution in [2.24, 2.45) is 0 Å². The summed E-state index contributed by atoms with van der Waals surface area (Å²) >= 11 is 7.82. The summed E-state index contributed by atoms with van der Waals surface area (Å²) in [7, 11) is 3.02. The normalized spacial score (nSPS) is 15.6. The van der Waals surface area contributed by atoms with E-state index < -0.39 is 0 Å². The first kappa shape index (κ1) is 20.0. The highest BCUT2D eigenvalue weighted by atomic mass is 79.9. The molecule has 0 N–H and O–H groups in total. The van der Waals surface area contributed by atoms with Gasteiger partial charge in [-0.25, -0.2) is 0 Å². The zero-order valence-corrected chi connectivity index (χ0v) is 18.5. The molecule has 1 saturated heterocycles. The lowest BCUT2D eigenvalue weighted by Crippen LogP contribution is -2.22. The van der Waals surface area contributed by atoms with Crippen LogP contribution in [0.15, 0.2) is 50.2 Å². The largest absolute Gasteiger partial charge is 0.493 e. The highest BCUT2D eigenvalue weighted by Gasteiger charge is 2.32. The Labute approximate surface area is 178 Å². The summed E-state index contributed by atoms with van der Waals surface area (Å²) in [6.07, 6.45) is 1.67. The molecule has 0 unspecified atom stereocenters. The van der Waals surface area contributed by atoms with Crippen molar-refractivity contribution in [3.8, 4) is 11.5 Å². The summed E-state index contributed by atoms with van der Waals surface area (Å²) in [5, 5.41) is -0.288. The van der Waals surface area contributed by atoms with Gasteiger partial charge in [-0.3, -0.25) is 14.5 Å². The van der Waals surface area contributed by atoms with Crippen molar-refractivity contribution in [1.29, 1.82) is 0 Å². The number of benzene rings is 2. The summed E-state index contributed by atoms with van der Waals surface area (Å²) in [5.74, 6) is 0.803. The van der Waals surface area contributed by atoms with Gasteiger partial charge in [0, 0.05) is 16.0 Å². The van der Waals surface area contributed by atoms with Crippen molar-refractivity contribution >= 4 is 60.8 Å². The summed E-state index contributed by atoms with van der Waals surface area (Å²) in [5.41, 5.74) is 1.75. The molecule has 0 saturated carbocycles. The Bertz CT molecular complexity index is 928. The third-order valence-electron chi connectivity index (χ3n) is 3.86. The lowest BCUT2D eigenvalue weighted by atomic mass is 10.1. The summed E-state index contributed by atoms with van der Waals surface area (Å²) in [6.45, 7) is 0.393. The number of methoxy groups -OCH3 is 1. The molecule has 0 aromatic heterocycles. The molecular weight excluding hydrogens is 498 g/mol. The molecule has 1 heterocycles. The van der Waals surface area contributed by atoms with Crippen LogP contribution < -0.4 is 9.47 Å². The van der Waals surface area contributed by atoms with Crippen molar-refractivity contribution in [1.82, 2.24) is 4.90 Å². The van der Waals surface area contributed by atoms with Crippen molar-refractivity contribution in [3.05, 3.63) is 61.4 Å². The molecular formula is C19H15Br2NO4S. The summed E-state index contributed by atoms with van der Waals surface area (Å²) < 4.78 is 13.1. The number of carbonyl (C=O) groups is 2. The van der Waals surface area contributed by atoms with Crippen LogP contribution in [0.3, 0.4) is 0 Å². The number of likely N-dealkylation sites (N-methyl/N-ethyl adjacent to an activating group) is 1. The second kappa shape index (κ2) is 8.50. The van der Waals surface area contributed by atoms with E-state index in [0.29, 0.717) is 23.0 Å². The molecule has 0 bridgehead atoms. The minimum Gasteiger partial charge on any atom is -0.493 e. The van der Waals surface area contributed by atoms with E-state index in [9.17, 15) is 9.59 Å². The van der Waals surface area contributed by atoms with Crippen LogP contribution in [-0.2, 0) is 11.4 Å². The number of carbonyl (C=O) groups excluding carboxylic acids is 2. The van der Waals surface area contributed by atoms with E-state index in [1.807, 2.05) is 24.3 Å². The molecule has 5 nitrogen and oxygen atoms in total. The van der Waals surface area contributed by atoms with Gasteiger partial charge in [0.2, 0.25) is 0 Å². The molecule has 2 aromatic rings. The van der Waals surface area contributed by atoms with Crippen LogP contribution in [-0.4, -0.2) is 30.2 Å². The Morgan fingerprint density at radius 2 is 1.81 bits per heavy atom. The van der Waals surface area contributed by atoms with Crippen LogP contribution in [0.1, 0.15) is 11.1 Å². The molecule has 0 atom stereocenters. The topological polar surface area (TPSA) is 55.8 Å². The maximum atomic E-state index is 12.1. The van der Waals surface area contributed by atoms with Crippen molar-refractivity contribution in [3.63, 3.8) is 0 Å². The van der Waals surface area contributed by atoms with Crippen LogP contribution in [0.4, 0.5) is 4.79 Å². The van der Waals surface area contributed by atoms with Crippen LogP contribution in [0.5, 0.6) is 11.5 Å². The molecule has 0 aliphatic carbocycles. The Hall–Kier alpha value is -1.77. The summed E-state index contributed by atoms with van der Waals surface area (Å²) in [6, 6.07) is 11.4. The van der Waals surface area contributed by atoms with E-state index >= 15 is 0 Å². The Balaban J connectivity index is 1.84. The minimum atomic E-state index is -0.313. The maximum Gasteiger partial charge on any atom is 0.293 e. The zero-order valence-electron chi connectivity index (χ0n) is 14.5. The molecule has 27 heavy (non-hydrogen) atoms. The van der Waals surface area contributed by atoms with Crippen LogP contribution in [0.2, 0.25) is 0 Å². The molecule has 140 valence electrons. The number of nitrogens with zero attached hydrogens (tertiary/aromatic N) is 1. The van der Waals surface area contributed by atoms with Crippen LogP contribution >= 0.6 is 43.6 Å². The fourth-order valence-corrected chi connectivity index (χ4v) is 3.88. The fourth-order valence-electron chi connectivity index (χ4n) is 2.36. The molecule has 2 aromatic carbocycles. The zero-order chi connectivity index (χ0) is 19.6. The van der Waals surface area contributed by atoms with Crippen molar-refractivity contribution in [2.45, 2.75) is 6.61 Å². The fraction of sp³-hybridized carbons (Fsp3) is 0.158.